The van der Waals surface area contributed by atoms with Gasteiger partial charge in [-0.15, -0.1) is 0 Å². The van der Waals surface area contributed by atoms with Crippen LogP contribution in [0.3, 0.4) is 0 Å². The third-order valence-electron chi connectivity index (χ3n) is 2.97. The van der Waals surface area contributed by atoms with Crippen molar-refractivity contribution in [3.05, 3.63) is 56.5 Å². The number of aryl methyl sites for hydroxylation is 1. The van der Waals surface area contributed by atoms with Crippen molar-refractivity contribution in [3.8, 4) is 5.75 Å². The number of ether oxygens (including phenoxy) is 1. The van der Waals surface area contributed by atoms with E-state index in [1.165, 1.54) is 0 Å². The Bertz CT molecular complexity index is 686. The van der Waals surface area contributed by atoms with Crippen molar-refractivity contribution in [1.82, 2.24) is 0 Å². The Morgan fingerprint density at radius 1 is 1.23 bits per heavy atom. The SMILES string of the molecule is Cc1ccc(O[C@H](C)C(=O)Nc2c(Cl)cccc2Cl)c(Br)c1. The zero-order valence-electron chi connectivity index (χ0n) is 12.0. The summed E-state index contributed by atoms with van der Waals surface area (Å²) in [7, 11) is 0. The summed E-state index contributed by atoms with van der Waals surface area (Å²) >= 11 is 15.5. The molecule has 0 aliphatic rings. The van der Waals surface area contributed by atoms with Gasteiger partial charge in [-0.05, 0) is 59.6 Å². The Morgan fingerprint density at radius 2 is 1.86 bits per heavy atom. The summed E-state index contributed by atoms with van der Waals surface area (Å²) in [5, 5.41) is 3.44. The predicted octanol–water partition coefficient (Wildman–Crippen LogP) is 5.47. The lowest BCUT2D eigenvalue weighted by Gasteiger charge is -2.17. The van der Waals surface area contributed by atoms with E-state index in [-0.39, 0.29) is 5.91 Å². The zero-order valence-corrected chi connectivity index (χ0v) is 15.1. The first kappa shape index (κ1) is 17.1. The van der Waals surface area contributed by atoms with Crippen LogP contribution in [0.4, 0.5) is 5.69 Å². The summed E-state index contributed by atoms with van der Waals surface area (Å²) in [5.74, 6) is 0.265. The van der Waals surface area contributed by atoms with Crippen LogP contribution in [0.15, 0.2) is 40.9 Å². The van der Waals surface area contributed by atoms with Crippen LogP contribution in [0.25, 0.3) is 0 Å². The number of benzene rings is 2. The van der Waals surface area contributed by atoms with Crippen LogP contribution in [0.1, 0.15) is 12.5 Å². The van der Waals surface area contributed by atoms with E-state index in [0.29, 0.717) is 21.5 Å². The number of carbonyl (C=O) groups excluding carboxylic acids is 1. The Labute approximate surface area is 147 Å². The second-order valence-corrected chi connectivity index (χ2v) is 6.45. The number of hydrogen-bond donors (Lipinski definition) is 1. The molecule has 2 aromatic carbocycles. The third kappa shape index (κ3) is 4.15. The van der Waals surface area contributed by atoms with E-state index in [2.05, 4.69) is 21.2 Å². The van der Waals surface area contributed by atoms with Crippen molar-refractivity contribution in [3.63, 3.8) is 0 Å². The lowest BCUT2D eigenvalue weighted by atomic mass is 10.2. The topological polar surface area (TPSA) is 38.3 Å². The van der Waals surface area contributed by atoms with Crippen LogP contribution in [0.2, 0.25) is 10.0 Å². The molecule has 1 atom stereocenters. The maximum absolute atomic E-state index is 12.2. The maximum Gasteiger partial charge on any atom is 0.265 e. The van der Waals surface area contributed by atoms with Crippen LogP contribution in [0.5, 0.6) is 5.75 Å². The van der Waals surface area contributed by atoms with E-state index in [1.54, 1.807) is 25.1 Å². The van der Waals surface area contributed by atoms with Crippen molar-refractivity contribution in [2.24, 2.45) is 0 Å². The molecule has 1 amide bonds. The minimum atomic E-state index is -0.702. The molecule has 22 heavy (non-hydrogen) atoms. The van der Waals surface area contributed by atoms with Gasteiger partial charge in [0.05, 0.1) is 20.2 Å². The fourth-order valence-corrected chi connectivity index (χ4v) is 2.87. The van der Waals surface area contributed by atoms with Gasteiger partial charge in [0.15, 0.2) is 6.10 Å². The first-order valence-corrected chi connectivity index (χ1v) is 8.11. The molecule has 0 aliphatic heterocycles. The molecular formula is C16H14BrCl2NO2. The summed E-state index contributed by atoms with van der Waals surface area (Å²) < 4.78 is 6.46. The lowest BCUT2D eigenvalue weighted by Crippen LogP contribution is -2.30. The molecule has 0 heterocycles. The van der Waals surface area contributed by atoms with E-state index in [1.807, 2.05) is 25.1 Å². The molecule has 0 spiro atoms. The molecule has 0 radical (unpaired) electrons. The summed E-state index contributed by atoms with van der Waals surface area (Å²) in [4.78, 5) is 12.2. The molecule has 2 aromatic rings. The van der Waals surface area contributed by atoms with Crippen molar-refractivity contribution in [2.45, 2.75) is 20.0 Å². The number of rotatable bonds is 4. The zero-order chi connectivity index (χ0) is 16.3. The monoisotopic (exact) mass is 401 g/mol. The van der Waals surface area contributed by atoms with Gasteiger partial charge in [-0.25, -0.2) is 0 Å². The smallest absolute Gasteiger partial charge is 0.265 e. The first-order valence-electron chi connectivity index (χ1n) is 6.56. The third-order valence-corrected chi connectivity index (χ3v) is 4.22. The molecule has 0 bridgehead atoms. The molecule has 0 aromatic heterocycles. The number of halogens is 3. The van der Waals surface area contributed by atoms with Crippen LogP contribution in [-0.4, -0.2) is 12.0 Å². The average molecular weight is 403 g/mol. The van der Waals surface area contributed by atoms with Crippen molar-refractivity contribution < 1.29 is 9.53 Å². The highest BCUT2D eigenvalue weighted by atomic mass is 79.9. The Hall–Kier alpha value is -1.23. The quantitative estimate of drug-likeness (QED) is 0.736. The second-order valence-electron chi connectivity index (χ2n) is 4.78. The van der Waals surface area contributed by atoms with Crippen molar-refractivity contribution >= 4 is 50.7 Å². The predicted molar refractivity (Wildman–Crippen MR) is 94.1 cm³/mol. The Morgan fingerprint density at radius 3 is 2.45 bits per heavy atom. The summed E-state index contributed by atoms with van der Waals surface area (Å²) in [6, 6.07) is 10.7. The van der Waals surface area contributed by atoms with Gasteiger partial charge in [-0.3, -0.25) is 4.79 Å². The van der Waals surface area contributed by atoms with Crippen molar-refractivity contribution in [2.75, 3.05) is 5.32 Å². The molecular weight excluding hydrogens is 389 g/mol. The average Bonchev–Trinajstić information content (AvgIpc) is 2.45. The van der Waals surface area contributed by atoms with E-state index in [9.17, 15) is 4.79 Å². The number of nitrogens with one attached hydrogen (secondary N) is 1. The molecule has 0 unspecified atom stereocenters. The van der Waals surface area contributed by atoms with Gasteiger partial charge < -0.3 is 10.1 Å². The number of amides is 1. The molecule has 0 aliphatic carbocycles. The van der Waals surface area contributed by atoms with Crippen LogP contribution >= 0.6 is 39.1 Å². The lowest BCUT2D eigenvalue weighted by molar-refractivity contribution is -0.122. The highest BCUT2D eigenvalue weighted by molar-refractivity contribution is 9.10. The summed E-state index contributed by atoms with van der Waals surface area (Å²) in [6.45, 7) is 3.64. The van der Waals surface area contributed by atoms with Gasteiger partial charge in [0.1, 0.15) is 5.75 Å². The minimum Gasteiger partial charge on any atom is -0.480 e. The first-order chi connectivity index (χ1) is 10.4. The molecule has 0 saturated carbocycles. The highest BCUT2D eigenvalue weighted by Gasteiger charge is 2.18. The van der Waals surface area contributed by atoms with E-state index in [0.717, 1.165) is 10.0 Å². The molecule has 0 saturated heterocycles. The number of carbonyl (C=O) groups is 1. The molecule has 2 rings (SSSR count). The van der Waals surface area contributed by atoms with Crippen LogP contribution in [0, 0.1) is 6.92 Å². The van der Waals surface area contributed by atoms with Gasteiger partial charge in [-0.1, -0.05) is 35.3 Å². The van der Waals surface area contributed by atoms with Gasteiger partial charge in [0, 0.05) is 0 Å². The normalized spacial score (nSPS) is 11.9. The maximum atomic E-state index is 12.2. The van der Waals surface area contributed by atoms with Gasteiger partial charge in [0.25, 0.3) is 5.91 Å². The molecule has 6 heteroatoms. The number of para-hydroxylation sites is 1. The standard InChI is InChI=1S/C16H14BrCl2NO2/c1-9-6-7-14(11(17)8-9)22-10(2)16(21)20-15-12(18)4-3-5-13(15)19/h3-8,10H,1-2H3,(H,20,21)/t10-/m1/s1. The Balaban J connectivity index is 2.09. The minimum absolute atomic E-state index is 0.331. The fourth-order valence-electron chi connectivity index (χ4n) is 1.79. The second kappa shape index (κ2) is 7.36. The van der Waals surface area contributed by atoms with E-state index < -0.39 is 6.10 Å². The molecule has 3 nitrogen and oxygen atoms in total. The summed E-state index contributed by atoms with van der Waals surface area (Å²) in [5.41, 5.74) is 1.48. The molecule has 0 fully saturated rings. The number of hydrogen-bond acceptors (Lipinski definition) is 2. The molecule has 1 N–H and O–H groups in total. The van der Waals surface area contributed by atoms with Crippen molar-refractivity contribution in [1.29, 1.82) is 0 Å². The van der Waals surface area contributed by atoms with E-state index >= 15 is 0 Å². The largest absolute Gasteiger partial charge is 0.480 e. The number of anilines is 1. The highest BCUT2D eigenvalue weighted by Crippen LogP contribution is 2.30. The van der Waals surface area contributed by atoms with Gasteiger partial charge in [-0.2, -0.15) is 0 Å². The fraction of sp³-hybridized carbons (Fsp3) is 0.188. The van der Waals surface area contributed by atoms with Crippen LogP contribution in [-0.2, 0) is 4.79 Å². The summed E-state index contributed by atoms with van der Waals surface area (Å²) in [6.07, 6.45) is -0.702. The van der Waals surface area contributed by atoms with Crippen LogP contribution < -0.4 is 10.1 Å². The Kier molecular flexibility index (Phi) is 5.73. The van der Waals surface area contributed by atoms with E-state index in [4.69, 9.17) is 27.9 Å². The van der Waals surface area contributed by atoms with Gasteiger partial charge in [0.2, 0.25) is 0 Å². The molecule has 116 valence electrons. The van der Waals surface area contributed by atoms with Gasteiger partial charge >= 0.3 is 0 Å².